The summed E-state index contributed by atoms with van der Waals surface area (Å²) in [5, 5.41) is 9.24. The molecule has 0 fully saturated rings. The summed E-state index contributed by atoms with van der Waals surface area (Å²) in [5.74, 6) is 1.51. The largest absolute Gasteiger partial charge is 0.496 e. The van der Waals surface area contributed by atoms with E-state index in [1.165, 1.54) is 11.8 Å². The van der Waals surface area contributed by atoms with Crippen molar-refractivity contribution >= 4 is 17.5 Å². The summed E-state index contributed by atoms with van der Waals surface area (Å²) in [6.07, 6.45) is 3.42. The van der Waals surface area contributed by atoms with Crippen LogP contribution in [0.5, 0.6) is 5.75 Å². The van der Waals surface area contributed by atoms with Crippen LogP contribution in [0.2, 0.25) is 0 Å². The number of aromatic nitrogens is 4. The van der Waals surface area contributed by atoms with Crippen LogP contribution in [0.25, 0.3) is 11.4 Å². The topological polar surface area (TPSA) is 79.1 Å². The first-order valence-electron chi connectivity index (χ1n) is 8.36. The molecule has 0 aliphatic carbocycles. The highest BCUT2D eigenvalue weighted by Gasteiger charge is 2.17. The van der Waals surface area contributed by atoms with E-state index in [9.17, 15) is 4.79 Å². The molecular weight excluding hydrogens is 364 g/mol. The van der Waals surface area contributed by atoms with Crippen LogP contribution in [0.4, 0.5) is 0 Å². The number of thioether (sulfide) groups is 1. The quantitative estimate of drug-likeness (QED) is 0.414. The Hall–Kier alpha value is -2.71. The van der Waals surface area contributed by atoms with E-state index in [1.807, 2.05) is 28.8 Å². The smallest absolute Gasteiger partial charge is 0.192 e. The molecule has 7 nitrogen and oxygen atoms in total. The Labute approximate surface area is 161 Å². The van der Waals surface area contributed by atoms with Crippen LogP contribution in [-0.4, -0.2) is 52.1 Å². The Kier molecular flexibility index (Phi) is 6.56. The Bertz CT molecular complexity index is 899. The summed E-state index contributed by atoms with van der Waals surface area (Å²) < 4.78 is 12.4. The summed E-state index contributed by atoms with van der Waals surface area (Å²) in [7, 11) is 3.20. The van der Waals surface area contributed by atoms with E-state index < -0.39 is 0 Å². The number of pyridine rings is 1. The Morgan fingerprint density at radius 3 is 2.63 bits per heavy atom. The zero-order valence-corrected chi connectivity index (χ0v) is 16.0. The number of benzene rings is 1. The molecule has 3 aromatic rings. The molecule has 2 heterocycles. The average molecular weight is 384 g/mol. The highest BCUT2D eigenvalue weighted by molar-refractivity contribution is 7.99. The molecule has 0 N–H and O–H groups in total. The first-order valence-corrected chi connectivity index (χ1v) is 9.34. The van der Waals surface area contributed by atoms with Gasteiger partial charge in [-0.2, -0.15) is 0 Å². The summed E-state index contributed by atoms with van der Waals surface area (Å²) in [5.41, 5.74) is 1.47. The first kappa shape index (κ1) is 19.1. The predicted molar refractivity (Wildman–Crippen MR) is 103 cm³/mol. The lowest BCUT2D eigenvalue weighted by Gasteiger charge is -2.10. The number of nitrogens with zero attached hydrogens (tertiary/aromatic N) is 4. The molecular formula is C19H20N4O3S. The molecule has 27 heavy (non-hydrogen) atoms. The van der Waals surface area contributed by atoms with Gasteiger partial charge in [0.2, 0.25) is 0 Å². The maximum absolute atomic E-state index is 12.6. The number of ketones is 1. The van der Waals surface area contributed by atoms with Gasteiger partial charge in [-0.05, 0) is 24.3 Å². The van der Waals surface area contributed by atoms with Gasteiger partial charge in [0.15, 0.2) is 16.8 Å². The number of rotatable bonds is 9. The number of para-hydroxylation sites is 1. The molecule has 0 bridgehead atoms. The number of carbonyl (C=O) groups is 1. The van der Waals surface area contributed by atoms with Crippen LogP contribution >= 0.6 is 11.8 Å². The molecule has 0 saturated heterocycles. The van der Waals surface area contributed by atoms with Gasteiger partial charge in [0.1, 0.15) is 5.75 Å². The third kappa shape index (κ3) is 4.53. The van der Waals surface area contributed by atoms with Gasteiger partial charge < -0.3 is 9.47 Å². The molecule has 8 heteroatoms. The lowest BCUT2D eigenvalue weighted by molar-refractivity contribution is 0.101. The fourth-order valence-electron chi connectivity index (χ4n) is 2.58. The number of Topliss-reactive ketones (excluding diaryl/α,β-unsaturated/α-hetero) is 1. The average Bonchev–Trinajstić information content (AvgIpc) is 3.13. The van der Waals surface area contributed by atoms with E-state index in [-0.39, 0.29) is 11.5 Å². The molecule has 0 amide bonds. The SMILES string of the molecule is COCCn1c(SCC(=O)c2ccccc2OC)nnc1-c1ccncc1. The van der Waals surface area contributed by atoms with Crippen molar-refractivity contribution in [2.24, 2.45) is 0 Å². The monoisotopic (exact) mass is 384 g/mol. The van der Waals surface area contributed by atoms with E-state index in [4.69, 9.17) is 9.47 Å². The highest BCUT2D eigenvalue weighted by atomic mass is 32.2. The zero-order valence-electron chi connectivity index (χ0n) is 15.2. The van der Waals surface area contributed by atoms with Gasteiger partial charge in [-0.3, -0.25) is 14.3 Å². The van der Waals surface area contributed by atoms with Crippen LogP contribution in [-0.2, 0) is 11.3 Å². The van der Waals surface area contributed by atoms with Crippen LogP contribution in [0.3, 0.4) is 0 Å². The van der Waals surface area contributed by atoms with Crippen molar-refractivity contribution in [3.05, 3.63) is 54.4 Å². The minimum absolute atomic E-state index is 0.0239. The molecule has 2 aromatic heterocycles. The van der Waals surface area contributed by atoms with Crippen LogP contribution in [0.15, 0.2) is 53.9 Å². The second-order valence-electron chi connectivity index (χ2n) is 5.60. The van der Waals surface area contributed by atoms with Crippen molar-refractivity contribution in [3.8, 4) is 17.1 Å². The third-order valence-electron chi connectivity index (χ3n) is 3.91. The Morgan fingerprint density at radius 2 is 1.89 bits per heavy atom. The van der Waals surface area contributed by atoms with Crippen molar-refractivity contribution in [1.82, 2.24) is 19.7 Å². The standard InChI is InChI=1S/C19H20N4O3S/c1-25-12-11-23-18(14-7-9-20-10-8-14)21-22-19(23)27-13-16(24)15-5-3-4-6-17(15)26-2/h3-10H,11-13H2,1-2H3. The van der Waals surface area contributed by atoms with E-state index in [0.717, 1.165) is 11.4 Å². The number of carbonyl (C=O) groups excluding carboxylic acids is 1. The summed E-state index contributed by atoms with van der Waals surface area (Å²) in [6, 6.07) is 11.0. The van der Waals surface area contributed by atoms with E-state index in [2.05, 4.69) is 15.2 Å². The molecule has 0 saturated carbocycles. The van der Waals surface area contributed by atoms with Crippen molar-refractivity contribution < 1.29 is 14.3 Å². The van der Waals surface area contributed by atoms with Gasteiger partial charge in [0, 0.05) is 25.1 Å². The molecule has 0 spiro atoms. The van der Waals surface area contributed by atoms with Crippen LogP contribution in [0, 0.1) is 0 Å². The second-order valence-corrected chi connectivity index (χ2v) is 6.54. The van der Waals surface area contributed by atoms with Gasteiger partial charge in [-0.15, -0.1) is 10.2 Å². The van der Waals surface area contributed by atoms with Gasteiger partial charge in [-0.1, -0.05) is 23.9 Å². The van der Waals surface area contributed by atoms with Crippen molar-refractivity contribution in [2.75, 3.05) is 26.6 Å². The summed E-state index contributed by atoms with van der Waals surface area (Å²) >= 11 is 1.35. The molecule has 1 aromatic carbocycles. The molecule has 3 rings (SSSR count). The Balaban J connectivity index is 1.80. The van der Waals surface area contributed by atoms with Crippen LogP contribution in [0.1, 0.15) is 10.4 Å². The second kappa shape index (κ2) is 9.29. The maximum Gasteiger partial charge on any atom is 0.192 e. The van der Waals surface area contributed by atoms with Gasteiger partial charge in [0.25, 0.3) is 0 Å². The summed E-state index contributed by atoms with van der Waals surface area (Å²) in [6.45, 7) is 1.11. The van der Waals surface area contributed by atoms with E-state index >= 15 is 0 Å². The minimum Gasteiger partial charge on any atom is -0.496 e. The maximum atomic E-state index is 12.6. The number of ether oxygens (including phenoxy) is 2. The van der Waals surface area contributed by atoms with Crippen molar-refractivity contribution in [2.45, 2.75) is 11.7 Å². The summed E-state index contributed by atoms with van der Waals surface area (Å²) in [4.78, 5) is 16.6. The molecule has 0 aliphatic heterocycles. The molecule has 0 unspecified atom stereocenters. The van der Waals surface area contributed by atoms with E-state index in [0.29, 0.717) is 29.6 Å². The lowest BCUT2D eigenvalue weighted by atomic mass is 10.1. The third-order valence-corrected chi connectivity index (χ3v) is 4.88. The fourth-order valence-corrected chi connectivity index (χ4v) is 3.42. The van der Waals surface area contributed by atoms with Crippen molar-refractivity contribution in [1.29, 1.82) is 0 Å². The Morgan fingerprint density at radius 1 is 1.11 bits per heavy atom. The fraction of sp³-hybridized carbons (Fsp3) is 0.263. The van der Waals surface area contributed by atoms with Gasteiger partial charge in [0.05, 0.1) is 31.6 Å². The van der Waals surface area contributed by atoms with E-state index in [1.54, 1.807) is 38.7 Å². The number of hydrogen-bond donors (Lipinski definition) is 0. The highest BCUT2D eigenvalue weighted by Crippen LogP contribution is 2.26. The van der Waals surface area contributed by atoms with Gasteiger partial charge >= 0.3 is 0 Å². The molecule has 0 radical (unpaired) electrons. The predicted octanol–water partition coefficient (Wildman–Crippen LogP) is 2.97. The number of hydrogen-bond acceptors (Lipinski definition) is 7. The molecule has 0 aliphatic rings. The minimum atomic E-state index is -0.0239. The normalized spacial score (nSPS) is 10.7. The van der Waals surface area contributed by atoms with Crippen molar-refractivity contribution in [3.63, 3.8) is 0 Å². The zero-order chi connectivity index (χ0) is 19.1. The van der Waals surface area contributed by atoms with Crippen LogP contribution < -0.4 is 4.74 Å². The lowest BCUT2D eigenvalue weighted by Crippen LogP contribution is -2.09. The number of methoxy groups -OCH3 is 2. The first-order chi connectivity index (χ1) is 13.2. The van der Waals surface area contributed by atoms with Gasteiger partial charge in [-0.25, -0.2) is 0 Å². The molecule has 0 atom stereocenters. The molecule has 140 valence electrons.